The minimum absolute atomic E-state index is 0.0323. The Morgan fingerprint density at radius 3 is 2.72 bits per heavy atom. The molecule has 1 N–H and O–H groups in total. The molecule has 2 aromatic rings. The second kappa shape index (κ2) is 8.04. The first-order chi connectivity index (χ1) is 11.9. The second-order valence-electron chi connectivity index (χ2n) is 4.87. The first-order valence-electron chi connectivity index (χ1n) is 7.12. The minimum Gasteiger partial charge on any atom is -0.489 e. The van der Waals surface area contributed by atoms with E-state index >= 15 is 0 Å². The van der Waals surface area contributed by atoms with E-state index in [1.165, 1.54) is 25.3 Å². The lowest BCUT2D eigenvalue weighted by atomic mass is 10.2. The van der Waals surface area contributed by atoms with Gasteiger partial charge in [-0.2, -0.15) is 0 Å². The quantitative estimate of drug-likeness (QED) is 0.586. The summed E-state index contributed by atoms with van der Waals surface area (Å²) in [5.74, 6) is -0.228. The molecule has 0 radical (unpaired) electrons. The molecule has 25 heavy (non-hydrogen) atoms. The van der Waals surface area contributed by atoms with Gasteiger partial charge in [-0.25, -0.2) is 13.2 Å². The summed E-state index contributed by atoms with van der Waals surface area (Å²) in [6.45, 7) is 3.85. The maximum absolute atomic E-state index is 12.5. The molecule has 0 heterocycles. The third-order valence-corrected chi connectivity index (χ3v) is 4.82. The zero-order valence-electron chi connectivity index (χ0n) is 13.4. The van der Waals surface area contributed by atoms with Crippen molar-refractivity contribution in [2.45, 2.75) is 4.90 Å². The molecule has 6 nitrogen and oxygen atoms in total. The third kappa shape index (κ3) is 4.74. The highest BCUT2D eigenvalue weighted by Gasteiger charge is 2.19. The molecule has 0 aliphatic heterocycles. The molecule has 0 amide bonds. The predicted octanol–water partition coefficient (Wildman–Crippen LogP) is 3.49. The van der Waals surface area contributed by atoms with E-state index in [4.69, 9.17) is 16.3 Å². The predicted molar refractivity (Wildman–Crippen MR) is 95.7 cm³/mol. The van der Waals surface area contributed by atoms with Gasteiger partial charge < -0.3 is 9.47 Å². The Morgan fingerprint density at radius 2 is 2.04 bits per heavy atom. The molecule has 0 fully saturated rings. The van der Waals surface area contributed by atoms with Crippen molar-refractivity contribution >= 4 is 33.3 Å². The van der Waals surface area contributed by atoms with E-state index in [9.17, 15) is 13.2 Å². The molecule has 0 unspecified atom stereocenters. The highest BCUT2D eigenvalue weighted by Crippen LogP contribution is 2.24. The van der Waals surface area contributed by atoms with E-state index in [-0.39, 0.29) is 15.5 Å². The number of anilines is 1. The fraction of sp³-hybridized carbons (Fsp3) is 0.118. The number of hydrogen-bond acceptors (Lipinski definition) is 5. The van der Waals surface area contributed by atoms with Gasteiger partial charge in [0.2, 0.25) is 0 Å². The molecule has 0 bridgehead atoms. The summed E-state index contributed by atoms with van der Waals surface area (Å²) in [7, 11) is -2.74. The van der Waals surface area contributed by atoms with Crippen molar-refractivity contribution in [2.75, 3.05) is 18.4 Å². The van der Waals surface area contributed by atoms with Gasteiger partial charge in [-0.1, -0.05) is 30.3 Å². The van der Waals surface area contributed by atoms with Gasteiger partial charge in [0, 0.05) is 6.07 Å². The highest BCUT2D eigenvalue weighted by molar-refractivity contribution is 7.92. The van der Waals surface area contributed by atoms with Gasteiger partial charge in [0.15, 0.2) is 0 Å². The van der Waals surface area contributed by atoms with E-state index in [2.05, 4.69) is 16.0 Å². The number of hydrogen-bond donors (Lipinski definition) is 1. The zero-order chi connectivity index (χ0) is 18.4. The summed E-state index contributed by atoms with van der Waals surface area (Å²) in [5.41, 5.74) is 0.284. The maximum atomic E-state index is 12.5. The summed E-state index contributed by atoms with van der Waals surface area (Å²) in [4.78, 5) is 11.6. The van der Waals surface area contributed by atoms with Gasteiger partial charge >= 0.3 is 5.97 Å². The molecular weight excluding hydrogens is 366 g/mol. The highest BCUT2D eigenvalue weighted by atomic mass is 35.5. The summed E-state index contributed by atoms with van der Waals surface area (Å²) in [6, 6.07) is 10.3. The average molecular weight is 382 g/mol. The van der Waals surface area contributed by atoms with Crippen molar-refractivity contribution in [1.82, 2.24) is 0 Å². The molecule has 0 spiro atoms. The number of rotatable bonds is 7. The number of carbonyl (C=O) groups is 1. The fourth-order valence-electron chi connectivity index (χ4n) is 1.96. The fourth-order valence-corrected chi connectivity index (χ4v) is 3.23. The van der Waals surface area contributed by atoms with Crippen LogP contribution in [0.4, 0.5) is 5.69 Å². The lowest BCUT2D eigenvalue weighted by molar-refractivity contribution is 0.0600. The van der Waals surface area contributed by atoms with Crippen molar-refractivity contribution in [3.05, 3.63) is 65.7 Å². The Balaban J connectivity index is 2.30. The molecule has 0 aliphatic carbocycles. The lowest BCUT2D eigenvalue weighted by Gasteiger charge is -2.11. The number of sulfonamides is 1. The van der Waals surface area contributed by atoms with Crippen LogP contribution in [0, 0.1) is 0 Å². The number of nitrogens with one attached hydrogen (secondary N) is 1. The first-order valence-corrected chi connectivity index (χ1v) is 8.98. The molecular formula is C17H16ClNO5S. The van der Waals surface area contributed by atoms with Crippen LogP contribution in [0.5, 0.6) is 5.75 Å². The summed E-state index contributed by atoms with van der Waals surface area (Å²) in [6.07, 6.45) is 1.58. The van der Waals surface area contributed by atoms with E-state index < -0.39 is 16.0 Å². The molecule has 0 aliphatic rings. The van der Waals surface area contributed by atoms with Crippen molar-refractivity contribution < 1.29 is 22.7 Å². The molecule has 2 rings (SSSR count). The standard InChI is InChI=1S/C17H16ClNO5S/c1-3-9-24-13-6-4-5-12(10-13)19-25(21,22)14-7-8-16(18)15(11-14)17(20)23-2/h3-8,10-11,19H,1,9H2,2H3. The van der Waals surface area contributed by atoms with Gasteiger partial charge in [0.1, 0.15) is 12.4 Å². The normalized spacial score (nSPS) is 10.8. The molecule has 132 valence electrons. The van der Waals surface area contributed by atoms with Gasteiger partial charge in [-0.3, -0.25) is 4.72 Å². The Hall–Kier alpha value is -2.51. The largest absolute Gasteiger partial charge is 0.489 e. The number of carbonyl (C=O) groups excluding carboxylic acids is 1. The molecule has 8 heteroatoms. The number of benzene rings is 2. The average Bonchev–Trinajstić information content (AvgIpc) is 2.59. The smallest absolute Gasteiger partial charge is 0.339 e. The summed E-state index contributed by atoms with van der Waals surface area (Å²) < 4.78 is 37.5. The third-order valence-electron chi connectivity index (χ3n) is 3.11. The molecule has 2 aromatic carbocycles. The van der Waals surface area contributed by atoms with E-state index in [1.54, 1.807) is 24.3 Å². The number of methoxy groups -OCH3 is 1. The SMILES string of the molecule is C=CCOc1cccc(NS(=O)(=O)c2ccc(Cl)c(C(=O)OC)c2)c1. The number of esters is 1. The Morgan fingerprint density at radius 1 is 1.28 bits per heavy atom. The maximum Gasteiger partial charge on any atom is 0.339 e. The van der Waals surface area contributed by atoms with E-state index in [1.807, 2.05) is 0 Å². The van der Waals surface area contributed by atoms with Gasteiger partial charge in [-0.05, 0) is 30.3 Å². The van der Waals surface area contributed by atoms with E-state index in [0.717, 1.165) is 6.07 Å². The van der Waals surface area contributed by atoms with E-state index in [0.29, 0.717) is 18.0 Å². The van der Waals surface area contributed by atoms with Crippen LogP contribution in [0.1, 0.15) is 10.4 Å². The van der Waals surface area contributed by atoms with Crippen molar-refractivity contribution in [3.63, 3.8) is 0 Å². The van der Waals surface area contributed by atoms with Crippen LogP contribution in [-0.4, -0.2) is 28.1 Å². The topological polar surface area (TPSA) is 81.7 Å². The van der Waals surface area contributed by atoms with Crippen LogP contribution in [0.15, 0.2) is 60.0 Å². The zero-order valence-corrected chi connectivity index (χ0v) is 14.9. The summed E-state index contributed by atoms with van der Waals surface area (Å²) in [5, 5.41) is 0.102. The monoisotopic (exact) mass is 381 g/mol. The molecule has 0 saturated carbocycles. The van der Waals surface area contributed by atoms with Crippen LogP contribution in [0.25, 0.3) is 0 Å². The Labute approximate surface area is 151 Å². The van der Waals surface area contributed by atoms with Crippen molar-refractivity contribution in [1.29, 1.82) is 0 Å². The molecule has 0 saturated heterocycles. The summed E-state index contributed by atoms with van der Waals surface area (Å²) >= 11 is 5.91. The minimum atomic E-state index is -3.92. The van der Waals surface area contributed by atoms with Crippen LogP contribution < -0.4 is 9.46 Å². The Kier molecular flexibility index (Phi) is 6.06. The number of halogens is 1. The van der Waals surface area contributed by atoms with Crippen molar-refractivity contribution in [2.24, 2.45) is 0 Å². The van der Waals surface area contributed by atoms with Crippen LogP contribution >= 0.6 is 11.6 Å². The molecule has 0 atom stereocenters. The van der Waals surface area contributed by atoms with Crippen LogP contribution in [-0.2, 0) is 14.8 Å². The number of ether oxygens (including phenoxy) is 2. The van der Waals surface area contributed by atoms with Crippen molar-refractivity contribution in [3.8, 4) is 5.75 Å². The Bertz CT molecular complexity index is 896. The lowest BCUT2D eigenvalue weighted by Crippen LogP contribution is -2.14. The molecule has 0 aromatic heterocycles. The van der Waals surface area contributed by atoms with Crippen LogP contribution in [0.3, 0.4) is 0 Å². The second-order valence-corrected chi connectivity index (χ2v) is 6.96. The van der Waals surface area contributed by atoms with Gasteiger partial charge in [-0.15, -0.1) is 0 Å². The van der Waals surface area contributed by atoms with Crippen LogP contribution in [0.2, 0.25) is 5.02 Å². The van der Waals surface area contributed by atoms with Gasteiger partial charge in [0.05, 0.1) is 28.3 Å². The van der Waals surface area contributed by atoms with Gasteiger partial charge in [0.25, 0.3) is 10.0 Å². The first kappa shape index (κ1) is 18.8.